The Morgan fingerprint density at radius 2 is 2.00 bits per heavy atom. The maximum Gasteiger partial charge on any atom is 0.180 e. The topological polar surface area (TPSA) is 7.12 Å². The largest absolute Gasteiger partial charge is 0.377 e. The van der Waals surface area contributed by atoms with Gasteiger partial charge in [0, 0.05) is 31.9 Å². The van der Waals surface area contributed by atoms with Crippen LogP contribution in [0.5, 0.6) is 0 Å². The second-order valence-electron chi connectivity index (χ2n) is 3.18. The van der Waals surface area contributed by atoms with Gasteiger partial charge >= 0.3 is 0 Å². The minimum atomic E-state index is 0.846. The number of hydrogen-bond acceptors (Lipinski definition) is 1. The summed E-state index contributed by atoms with van der Waals surface area (Å²) in [6.45, 7) is 0.846. The van der Waals surface area contributed by atoms with Crippen LogP contribution < -0.4 is 9.47 Å². The number of rotatable bonds is 3. The van der Waals surface area contributed by atoms with Gasteiger partial charge in [0.15, 0.2) is 18.9 Å². The van der Waals surface area contributed by atoms with Crippen LogP contribution in [0.15, 0.2) is 34.0 Å². The standard InChI is InChI=1S/C10H13Br2N2/c1-13(2)10-3-5-14(6-4-10)8-9(12)7-11/h3-7H,8H2,1-2H3/q+1. The highest BCUT2D eigenvalue weighted by molar-refractivity contribution is 9.14. The normalized spacial score (nSPS) is 11.6. The first kappa shape index (κ1) is 11.7. The summed E-state index contributed by atoms with van der Waals surface area (Å²) in [6.07, 6.45) is 4.13. The van der Waals surface area contributed by atoms with E-state index in [0.717, 1.165) is 11.0 Å². The van der Waals surface area contributed by atoms with E-state index >= 15 is 0 Å². The van der Waals surface area contributed by atoms with E-state index in [9.17, 15) is 0 Å². The summed E-state index contributed by atoms with van der Waals surface area (Å²) in [7, 11) is 4.07. The van der Waals surface area contributed by atoms with Crippen LogP contribution in [0.25, 0.3) is 0 Å². The van der Waals surface area contributed by atoms with Gasteiger partial charge in [0.2, 0.25) is 0 Å². The third-order valence-electron chi connectivity index (χ3n) is 1.84. The van der Waals surface area contributed by atoms with Crippen LogP contribution in [0, 0.1) is 0 Å². The van der Waals surface area contributed by atoms with Gasteiger partial charge < -0.3 is 4.90 Å². The number of pyridine rings is 1. The highest BCUT2D eigenvalue weighted by atomic mass is 79.9. The number of aromatic nitrogens is 1. The van der Waals surface area contributed by atoms with Gasteiger partial charge in [0.05, 0.1) is 4.48 Å². The molecule has 76 valence electrons. The molecule has 0 spiro atoms. The fourth-order valence-corrected chi connectivity index (χ4v) is 1.50. The van der Waals surface area contributed by atoms with E-state index in [1.165, 1.54) is 5.69 Å². The predicted octanol–water partition coefficient (Wildman–Crippen LogP) is 2.67. The van der Waals surface area contributed by atoms with Gasteiger partial charge in [-0.2, -0.15) is 0 Å². The zero-order chi connectivity index (χ0) is 10.6. The molecule has 0 unspecified atom stereocenters. The van der Waals surface area contributed by atoms with Crippen molar-refractivity contribution < 1.29 is 4.57 Å². The maximum atomic E-state index is 3.44. The number of hydrogen-bond donors (Lipinski definition) is 0. The summed E-state index contributed by atoms with van der Waals surface area (Å²) in [5.74, 6) is 0. The van der Waals surface area contributed by atoms with E-state index < -0.39 is 0 Å². The lowest BCUT2D eigenvalue weighted by molar-refractivity contribution is -0.687. The molecule has 1 rings (SSSR count). The molecule has 0 aliphatic heterocycles. The quantitative estimate of drug-likeness (QED) is 0.777. The van der Waals surface area contributed by atoms with Crippen LogP contribution in [-0.4, -0.2) is 14.1 Å². The zero-order valence-corrected chi connectivity index (χ0v) is 11.4. The Kier molecular flexibility index (Phi) is 4.62. The van der Waals surface area contributed by atoms with Crippen LogP contribution in [0.1, 0.15) is 0 Å². The molecule has 0 amide bonds. The first-order valence-corrected chi connectivity index (χ1v) is 5.95. The van der Waals surface area contributed by atoms with Gasteiger partial charge in [-0.15, -0.1) is 0 Å². The van der Waals surface area contributed by atoms with Gasteiger partial charge in [-0.3, -0.25) is 0 Å². The first-order chi connectivity index (χ1) is 6.63. The molecule has 0 radical (unpaired) electrons. The van der Waals surface area contributed by atoms with Crippen LogP contribution in [0.3, 0.4) is 0 Å². The summed E-state index contributed by atoms with van der Waals surface area (Å²) in [4.78, 5) is 3.96. The van der Waals surface area contributed by atoms with Gasteiger partial charge in [0.25, 0.3) is 0 Å². The van der Waals surface area contributed by atoms with E-state index in [2.05, 4.69) is 65.9 Å². The maximum absolute atomic E-state index is 3.44. The fourth-order valence-electron chi connectivity index (χ4n) is 1.06. The molecule has 1 heterocycles. The van der Waals surface area contributed by atoms with Gasteiger partial charge in [-0.1, -0.05) is 15.9 Å². The molecule has 2 nitrogen and oxygen atoms in total. The molecular formula is C10H13Br2N2+. The van der Waals surface area contributed by atoms with E-state index in [1.54, 1.807) is 0 Å². The van der Waals surface area contributed by atoms with Crippen molar-refractivity contribution in [2.45, 2.75) is 6.54 Å². The Labute approximate surface area is 101 Å². The third kappa shape index (κ3) is 3.42. The Balaban J connectivity index is 2.74. The molecular weight excluding hydrogens is 308 g/mol. The molecule has 0 atom stereocenters. The summed E-state index contributed by atoms with van der Waals surface area (Å²) < 4.78 is 3.22. The van der Waals surface area contributed by atoms with Gasteiger partial charge in [0.1, 0.15) is 0 Å². The average Bonchev–Trinajstić information content (AvgIpc) is 2.18. The lowest BCUT2D eigenvalue weighted by Gasteiger charge is -2.10. The molecule has 1 aromatic rings. The monoisotopic (exact) mass is 319 g/mol. The second-order valence-corrected chi connectivity index (χ2v) is 4.66. The lowest BCUT2D eigenvalue weighted by Crippen LogP contribution is -2.32. The van der Waals surface area contributed by atoms with Crippen molar-refractivity contribution in [2.24, 2.45) is 0 Å². The van der Waals surface area contributed by atoms with E-state index in [0.29, 0.717) is 0 Å². The Hall–Kier alpha value is -0.350. The summed E-state index contributed by atoms with van der Waals surface area (Å²) in [6, 6.07) is 4.18. The first-order valence-electron chi connectivity index (χ1n) is 4.24. The van der Waals surface area contributed by atoms with Crippen molar-refractivity contribution in [3.8, 4) is 0 Å². The van der Waals surface area contributed by atoms with Crippen molar-refractivity contribution in [3.05, 3.63) is 34.0 Å². The molecule has 0 aliphatic rings. The molecule has 0 aromatic carbocycles. The van der Waals surface area contributed by atoms with E-state index in [-0.39, 0.29) is 0 Å². The van der Waals surface area contributed by atoms with Crippen molar-refractivity contribution in [1.29, 1.82) is 0 Å². The molecule has 0 saturated carbocycles. The molecule has 0 saturated heterocycles. The smallest absolute Gasteiger partial charge is 0.180 e. The second kappa shape index (κ2) is 5.51. The Bertz CT molecular complexity index is 317. The SMILES string of the molecule is CN(C)c1cc[n+](CC(Br)=CBr)cc1. The van der Waals surface area contributed by atoms with Crippen LogP contribution in [-0.2, 0) is 6.54 Å². The molecule has 14 heavy (non-hydrogen) atoms. The number of anilines is 1. The van der Waals surface area contributed by atoms with Crippen LogP contribution in [0.4, 0.5) is 5.69 Å². The Morgan fingerprint density at radius 1 is 1.43 bits per heavy atom. The van der Waals surface area contributed by atoms with Crippen molar-refractivity contribution in [3.63, 3.8) is 0 Å². The van der Waals surface area contributed by atoms with Crippen molar-refractivity contribution in [2.75, 3.05) is 19.0 Å². The Morgan fingerprint density at radius 3 is 2.43 bits per heavy atom. The van der Waals surface area contributed by atoms with Crippen molar-refractivity contribution >= 4 is 37.5 Å². The highest BCUT2D eigenvalue weighted by Gasteiger charge is 2.03. The van der Waals surface area contributed by atoms with E-state index in [4.69, 9.17) is 0 Å². The zero-order valence-electron chi connectivity index (χ0n) is 8.24. The van der Waals surface area contributed by atoms with Gasteiger partial charge in [-0.25, -0.2) is 4.57 Å². The summed E-state index contributed by atoms with van der Waals surface area (Å²) in [5.41, 5.74) is 1.21. The summed E-state index contributed by atoms with van der Waals surface area (Å²) in [5, 5.41) is 0. The number of allylic oxidation sites excluding steroid dienone is 1. The molecule has 0 aliphatic carbocycles. The molecule has 0 fully saturated rings. The molecule has 4 heteroatoms. The number of nitrogens with zero attached hydrogens (tertiary/aromatic N) is 2. The van der Waals surface area contributed by atoms with Gasteiger partial charge in [-0.05, 0) is 20.9 Å². The molecule has 0 N–H and O–H groups in total. The minimum absolute atomic E-state index is 0.846. The van der Waals surface area contributed by atoms with Crippen LogP contribution >= 0.6 is 31.9 Å². The minimum Gasteiger partial charge on any atom is -0.377 e. The van der Waals surface area contributed by atoms with Crippen molar-refractivity contribution in [1.82, 2.24) is 0 Å². The molecule has 0 bridgehead atoms. The summed E-state index contributed by atoms with van der Waals surface area (Å²) >= 11 is 6.72. The van der Waals surface area contributed by atoms with Crippen LogP contribution in [0.2, 0.25) is 0 Å². The third-order valence-corrected chi connectivity index (χ3v) is 3.49. The molecule has 1 aromatic heterocycles. The van der Waals surface area contributed by atoms with E-state index in [1.807, 2.05) is 19.1 Å². The highest BCUT2D eigenvalue weighted by Crippen LogP contribution is 2.09. The number of halogens is 2. The average molecular weight is 321 g/mol. The fraction of sp³-hybridized carbons (Fsp3) is 0.300. The lowest BCUT2D eigenvalue weighted by atomic mass is 10.4. The predicted molar refractivity (Wildman–Crippen MR) is 66.9 cm³/mol.